The van der Waals surface area contributed by atoms with E-state index in [2.05, 4.69) is 10.2 Å². The van der Waals surface area contributed by atoms with Crippen LogP contribution in [0.5, 0.6) is 0 Å². The molecule has 4 atom stereocenters. The smallest absolute Gasteiger partial charge is 0.162 e. The number of rotatable bonds is 3. The van der Waals surface area contributed by atoms with Gasteiger partial charge in [-0.1, -0.05) is 24.6 Å². The van der Waals surface area contributed by atoms with E-state index in [1.165, 1.54) is 32.1 Å². The van der Waals surface area contributed by atoms with E-state index in [4.69, 9.17) is 9.73 Å². The first-order valence-corrected chi connectivity index (χ1v) is 9.24. The lowest BCUT2D eigenvalue weighted by Gasteiger charge is -2.35. The summed E-state index contributed by atoms with van der Waals surface area (Å²) in [6, 6.07) is 0.598. The van der Waals surface area contributed by atoms with Gasteiger partial charge in [0, 0.05) is 32.1 Å². The third-order valence-electron chi connectivity index (χ3n) is 5.10. The molecule has 5 nitrogen and oxygen atoms in total. The molecule has 21 heavy (non-hydrogen) atoms. The standard InChI is InChI=1S/C15H25N3O2S/c19-12-8-11(9-16-10-4-1-2-5-10)20-14-13(12)17-15(21-14)18-6-3-7-18/h10-14,16,19H,1-9H2/t11?,12?,13-,14-/m1/s1. The van der Waals surface area contributed by atoms with Crippen molar-refractivity contribution in [1.29, 1.82) is 0 Å². The number of nitrogens with one attached hydrogen (secondary N) is 1. The second-order valence-corrected chi connectivity index (χ2v) is 7.75. The molecule has 0 amide bonds. The summed E-state index contributed by atoms with van der Waals surface area (Å²) >= 11 is 1.71. The lowest BCUT2D eigenvalue weighted by molar-refractivity contribution is -0.0689. The Morgan fingerprint density at radius 1 is 1.29 bits per heavy atom. The van der Waals surface area contributed by atoms with Gasteiger partial charge in [0.2, 0.25) is 0 Å². The van der Waals surface area contributed by atoms with Crippen molar-refractivity contribution in [3.05, 3.63) is 0 Å². The van der Waals surface area contributed by atoms with Gasteiger partial charge in [-0.05, 0) is 19.3 Å². The maximum absolute atomic E-state index is 10.4. The third-order valence-corrected chi connectivity index (χ3v) is 6.30. The number of likely N-dealkylation sites (tertiary alicyclic amines) is 1. The Hall–Kier alpha value is -0.300. The van der Waals surface area contributed by atoms with Crippen LogP contribution in [-0.4, -0.2) is 64.5 Å². The highest BCUT2D eigenvalue weighted by Crippen LogP contribution is 2.38. The van der Waals surface area contributed by atoms with Gasteiger partial charge in [-0.2, -0.15) is 0 Å². The number of aliphatic hydroxyl groups is 1. The van der Waals surface area contributed by atoms with Crippen molar-refractivity contribution >= 4 is 16.9 Å². The molecule has 2 unspecified atom stereocenters. The lowest BCUT2D eigenvalue weighted by Crippen LogP contribution is -2.48. The van der Waals surface area contributed by atoms with Crippen LogP contribution >= 0.6 is 11.8 Å². The highest BCUT2D eigenvalue weighted by atomic mass is 32.2. The second kappa shape index (κ2) is 6.07. The molecule has 0 aromatic rings. The summed E-state index contributed by atoms with van der Waals surface area (Å²) < 4.78 is 6.19. The lowest BCUT2D eigenvalue weighted by atomic mass is 10.0. The van der Waals surface area contributed by atoms with Crippen LogP contribution in [-0.2, 0) is 4.74 Å². The van der Waals surface area contributed by atoms with Crippen LogP contribution in [0.2, 0.25) is 0 Å². The molecule has 0 aromatic carbocycles. The predicted octanol–water partition coefficient (Wildman–Crippen LogP) is 1.17. The first kappa shape index (κ1) is 14.3. The van der Waals surface area contributed by atoms with Crippen molar-refractivity contribution in [2.75, 3.05) is 19.6 Å². The summed E-state index contributed by atoms with van der Waals surface area (Å²) in [5, 5.41) is 15.1. The zero-order chi connectivity index (χ0) is 14.2. The molecule has 3 heterocycles. The molecular weight excluding hydrogens is 286 g/mol. The van der Waals surface area contributed by atoms with E-state index in [-0.39, 0.29) is 23.7 Å². The SMILES string of the molecule is OC1CC(CNC2CCCC2)O[C@@H]2SC(N3CCC3)=N[C@H]12. The Bertz CT molecular complexity index is 410. The fraction of sp³-hybridized carbons (Fsp3) is 0.933. The number of hydrogen-bond acceptors (Lipinski definition) is 6. The van der Waals surface area contributed by atoms with Gasteiger partial charge < -0.3 is 20.1 Å². The fourth-order valence-corrected chi connectivity index (χ4v) is 4.96. The molecule has 118 valence electrons. The van der Waals surface area contributed by atoms with Crippen molar-refractivity contribution in [1.82, 2.24) is 10.2 Å². The summed E-state index contributed by atoms with van der Waals surface area (Å²) in [6.45, 7) is 3.08. The number of ether oxygens (including phenoxy) is 1. The van der Waals surface area contributed by atoms with E-state index in [0.29, 0.717) is 12.5 Å². The topological polar surface area (TPSA) is 57.1 Å². The van der Waals surface area contributed by atoms with Crippen LogP contribution in [0.25, 0.3) is 0 Å². The van der Waals surface area contributed by atoms with E-state index in [0.717, 1.165) is 24.8 Å². The summed E-state index contributed by atoms with van der Waals surface area (Å²) in [5.41, 5.74) is 0.0136. The molecule has 2 saturated heterocycles. The third kappa shape index (κ3) is 2.96. The number of amidine groups is 1. The maximum Gasteiger partial charge on any atom is 0.162 e. The zero-order valence-electron chi connectivity index (χ0n) is 12.4. The number of nitrogens with zero attached hydrogens (tertiary/aromatic N) is 2. The van der Waals surface area contributed by atoms with E-state index in [1.54, 1.807) is 11.8 Å². The minimum absolute atomic E-state index is 0.0136. The molecule has 4 aliphatic rings. The maximum atomic E-state index is 10.4. The quantitative estimate of drug-likeness (QED) is 0.819. The van der Waals surface area contributed by atoms with Gasteiger partial charge in [0.1, 0.15) is 11.5 Å². The van der Waals surface area contributed by atoms with Crippen molar-refractivity contribution < 1.29 is 9.84 Å². The van der Waals surface area contributed by atoms with Crippen LogP contribution < -0.4 is 5.32 Å². The van der Waals surface area contributed by atoms with E-state index >= 15 is 0 Å². The van der Waals surface area contributed by atoms with Gasteiger partial charge in [0.15, 0.2) is 5.17 Å². The van der Waals surface area contributed by atoms with Crippen LogP contribution in [0.15, 0.2) is 4.99 Å². The molecular formula is C15H25N3O2S. The van der Waals surface area contributed by atoms with Crippen molar-refractivity contribution in [3.8, 4) is 0 Å². The number of hydrogen-bond donors (Lipinski definition) is 2. The molecule has 0 radical (unpaired) electrons. The predicted molar refractivity (Wildman–Crippen MR) is 84.5 cm³/mol. The normalized spacial score (nSPS) is 40.0. The average molecular weight is 311 g/mol. The highest BCUT2D eigenvalue weighted by Gasteiger charge is 2.44. The molecule has 0 bridgehead atoms. The van der Waals surface area contributed by atoms with Crippen LogP contribution in [0.1, 0.15) is 38.5 Å². The number of thioether (sulfide) groups is 1. The monoisotopic (exact) mass is 311 g/mol. The molecule has 0 spiro atoms. The van der Waals surface area contributed by atoms with Gasteiger partial charge >= 0.3 is 0 Å². The van der Waals surface area contributed by atoms with E-state index < -0.39 is 0 Å². The van der Waals surface area contributed by atoms with E-state index in [9.17, 15) is 5.11 Å². The second-order valence-electron chi connectivity index (χ2n) is 6.68. The zero-order valence-corrected chi connectivity index (χ0v) is 13.2. The number of aliphatic imine (C=N–C) groups is 1. The van der Waals surface area contributed by atoms with Gasteiger partial charge in [-0.3, -0.25) is 4.99 Å². The summed E-state index contributed by atoms with van der Waals surface area (Å²) in [4.78, 5) is 6.99. The molecule has 4 rings (SSSR count). The molecule has 3 aliphatic heterocycles. The molecule has 3 fully saturated rings. The average Bonchev–Trinajstić information content (AvgIpc) is 3.03. The van der Waals surface area contributed by atoms with Gasteiger partial charge in [0.05, 0.1) is 12.2 Å². The first-order chi connectivity index (χ1) is 10.3. The van der Waals surface area contributed by atoms with Gasteiger partial charge in [-0.25, -0.2) is 0 Å². The Morgan fingerprint density at radius 3 is 2.81 bits per heavy atom. The van der Waals surface area contributed by atoms with Crippen molar-refractivity contribution in [2.45, 2.75) is 68.3 Å². The number of fused-ring (bicyclic) bond motifs is 1. The fourth-order valence-electron chi connectivity index (χ4n) is 3.65. The molecule has 1 aliphatic carbocycles. The van der Waals surface area contributed by atoms with Gasteiger partial charge in [0.25, 0.3) is 0 Å². The summed E-state index contributed by atoms with van der Waals surface area (Å²) in [6.07, 6.45) is 7.01. The highest BCUT2D eigenvalue weighted by molar-refractivity contribution is 8.14. The van der Waals surface area contributed by atoms with Crippen LogP contribution in [0, 0.1) is 0 Å². The first-order valence-electron chi connectivity index (χ1n) is 8.36. The number of aliphatic hydroxyl groups excluding tert-OH is 1. The van der Waals surface area contributed by atoms with Crippen molar-refractivity contribution in [3.63, 3.8) is 0 Å². The summed E-state index contributed by atoms with van der Waals surface area (Å²) in [7, 11) is 0. The molecule has 1 saturated carbocycles. The van der Waals surface area contributed by atoms with E-state index in [1.807, 2.05) is 0 Å². The van der Waals surface area contributed by atoms with Crippen LogP contribution in [0.3, 0.4) is 0 Å². The minimum atomic E-state index is -0.356. The molecule has 2 N–H and O–H groups in total. The molecule has 0 aromatic heterocycles. The Labute approximate surface area is 130 Å². The Kier molecular flexibility index (Phi) is 4.13. The Morgan fingerprint density at radius 2 is 2.10 bits per heavy atom. The summed E-state index contributed by atoms with van der Waals surface area (Å²) in [5.74, 6) is 0. The van der Waals surface area contributed by atoms with Crippen LogP contribution in [0.4, 0.5) is 0 Å². The van der Waals surface area contributed by atoms with Crippen molar-refractivity contribution in [2.24, 2.45) is 4.99 Å². The Balaban J connectivity index is 1.31. The molecule has 6 heteroatoms. The largest absolute Gasteiger partial charge is 0.391 e. The minimum Gasteiger partial charge on any atom is -0.391 e. The van der Waals surface area contributed by atoms with Gasteiger partial charge in [-0.15, -0.1) is 0 Å².